The Bertz CT molecular complexity index is 927. The van der Waals surface area contributed by atoms with Crippen molar-refractivity contribution in [2.45, 2.75) is 32.4 Å². The van der Waals surface area contributed by atoms with E-state index in [-0.39, 0.29) is 12.0 Å². The van der Waals surface area contributed by atoms with E-state index in [0.29, 0.717) is 18.7 Å². The van der Waals surface area contributed by atoms with Crippen LogP contribution in [0.2, 0.25) is 0 Å². The number of amides is 1. The summed E-state index contributed by atoms with van der Waals surface area (Å²) in [6, 6.07) is 11.3. The fraction of sp³-hybridized carbons (Fsp3) is 0.333. The summed E-state index contributed by atoms with van der Waals surface area (Å²) in [6.07, 6.45) is 2.34. The minimum absolute atomic E-state index is 0.0925. The summed E-state index contributed by atoms with van der Waals surface area (Å²) in [5.74, 6) is 0.665. The van der Waals surface area contributed by atoms with E-state index < -0.39 is 0 Å². The van der Waals surface area contributed by atoms with Gasteiger partial charge in [-0.2, -0.15) is 0 Å². The van der Waals surface area contributed by atoms with Crippen molar-refractivity contribution in [2.24, 2.45) is 0 Å². The molecule has 1 aliphatic rings. The maximum Gasteiger partial charge on any atom is 0.251 e. The molecule has 5 nitrogen and oxygen atoms in total. The van der Waals surface area contributed by atoms with Gasteiger partial charge in [-0.15, -0.1) is 22.7 Å². The van der Waals surface area contributed by atoms with Gasteiger partial charge in [-0.25, -0.2) is 4.98 Å². The summed E-state index contributed by atoms with van der Waals surface area (Å²) in [5.41, 5.74) is 1.63. The highest BCUT2D eigenvalue weighted by atomic mass is 32.1. The Balaban J connectivity index is 1.28. The average Bonchev–Trinajstić information content (AvgIpc) is 3.46. The van der Waals surface area contributed by atoms with Crippen molar-refractivity contribution in [3.05, 3.63) is 57.2 Å². The van der Waals surface area contributed by atoms with Crippen LogP contribution in [0.25, 0.3) is 10.6 Å². The number of aryl methyl sites for hydroxylation is 1. The molecular formula is C21H22N2O3S2. The Morgan fingerprint density at radius 3 is 2.86 bits per heavy atom. The third-order valence-electron chi connectivity index (χ3n) is 4.53. The highest BCUT2D eigenvalue weighted by Gasteiger charge is 2.16. The zero-order valence-electron chi connectivity index (χ0n) is 15.6. The largest absolute Gasteiger partial charge is 0.491 e. The van der Waals surface area contributed by atoms with Crippen molar-refractivity contribution in [3.63, 3.8) is 0 Å². The molecule has 0 saturated carbocycles. The molecule has 0 aliphatic carbocycles. The average molecular weight is 415 g/mol. The molecule has 3 aromatic rings. The summed E-state index contributed by atoms with van der Waals surface area (Å²) in [4.78, 5) is 19.1. The number of thiazole rings is 1. The van der Waals surface area contributed by atoms with Crippen LogP contribution < -0.4 is 10.1 Å². The van der Waals surface area contributed by atoms with Crippen molar-refractivity contribution in [2.75, 3.05) is 13.2 Å². The summed E-state index contributed by atoms with van der Waals surface area (Å²) in [7, 11) is 0. The minimum Gasteiger partial charge on any atom is -0.491 e. The van der Waals surface area contributed by atoms with Gasteiger partial charge >= 0.3 is 0 Å². The van der Waals surface area contributed by atoms with E-state index in [1.54, 1.807) is 34.8 Å². The first-order chi connectivity index (χ1) is 13.7. The SMILES string of the molecule is Cc1nc(-c2ccc(CNC(=O)c3ccc(OCC4CCCO4)cc3)s2)cs1. The van der Waals surface area contributed by atoms with E-state index in [9.17, 15) is 4.79 Å². The third kappa shape index (κ3) is 4.79. The van der Waals surface area contributed by atoms with Crippen molar-refractivity contribution in [1.29, 1.82) is 0 Å². The van der Waals surface area contributed by atoms with Crippen LogP contribution >= 0.6 is 22.7 Å². The lowest BCUT2D eigenvalue weighted by Crippen LogP contribution is -2.22. The lowest BCUT2D eigenvalue weighted by Gasteiger charge is -2.11. The quantitative estimate of drug-likeness (QED) is 0.610. The predicted octanol–water partition coefficient (Wildman–Crippen LogP) is 4.67. The van der Waals surface area contributed by atoms with Crippen LogP contribution in [0, 0.1) is 6.92 Å². The fourth-order valence-electron chi connectivity index (χ4n) is 3.02. The van der Waals surface area contributed by atoms with E-state index >= 15 is 0 Å². The first kappa shape index (κ1) is 19.1. The molecule has 28 heavy (non-hydrogen) atoms. The molecule has 1 amide bonds. The number of aromatic nitrogens is 1. The first-order valence-electron chi connectivity index (χ1n) is 9.31. The molecule has 146 valence electrons. The number of thiophene rings is 1. The Hall–Kier alpha value is -2.22. The van der Waals surface area contributed by atoms with Crippen molar-refractivity contribution in [1.82, 2.24) is 10.3 Å². The molecule has 1 unspecified atom stereocenters. The molecule has 4 rings (SSSR count). The summed E-state index contributed by atoms with van der Waals surface area (Å²) >= 11 is 3.30. The number of benzene rings is 1. The number of carbonyl (C=O) groups is 1. The molecule has 0 radical (unpaired) electrons. The highest BCUT2D eigenvalue weighted by Crippen LogP contribution is 2.29. The lowest BCUT2D eigenvalue weighted by atomic mass is 10.2. The van der Waals surface area contributed by atoms with E-state index in [1.165, 1.54) is 0 Å². The van der Waals surface area contributed by atoms with Crippen LogP contribution in [0.15, 0.2) is 41.8 Å². The molecule has 1 aromatic carbocycles. The monoisotopic (exact) mass is 414 g/mol. The Morgan fingerprint density at radius 2 is 2.14 bits per heavy atom. The molecule has 7 heteroatoms. The smallest absolute Gasteiger partial charge is 0.251 e. The van der Waals surface area contributed by atoms with Crippen molar-refractivity contribution < 1.29 is 14.3 Å². The minimum atomic E-state index is -0.0925. The summed E-state index contributed by atoms with van der Waals surface area (Å²) < 4.78 is 11.3. The van der Waals surface area contributed by atoms with Gasteiger partial charge in [0.1, 0.15) is 12.4 Å². The van der Waals surface area contributed by atoms with Crippen LogP contribution in [0.5, 0.6) is 5.75 Å². The molecule has 1 fully saturated rings. The van der Waals surface area contributed by atoms with Gasteiger partial charge in [-0.1, -0.05) is 0 Å². The van der Waals surface area contributed by atoms with E-state index in [1.807, 2.05) is 25.1 Å². The van der Waals surface area contributed by atoms with Crippen LogP contribution in [-0.4, -0.2) is 30.2 Å². The number of hydrogen-bond acceptors (Lipinski definition) is 6. The van der Waals surface area contributed by atoms with Crippen LogP contribution in [0.4, 0.5) is 0 Å². The van der Waals surface area contributed by atoms with Gasteiger partial charge in [0, 0.05) is 22.4 Å². The number of ether oxygens (including phenoxy) is 2. The normalized spacial score (nSPS) is 16.2. The van der Waals surface area contributed by atoms with Crippen LogP contribution in [0.3, 0.4) is 0 Å². The highest BCUT2D eigenvalue weighted by molar-refractivity contribution is 7.16. The van der Waals surface area contributed by atoms with Gasteiger partial charge in [0.2, 0.25) is 0 Å². The maximum absolute atomic E-state index is 12.4. The molecule has 2 aromatic heterocycles. The third-order valence-corrected chi connectivity index (χ3v) is 6.41. The molecule has 1 aliphatic heterocycles. The second kappa shape index (κ2) is 8.86. The van der Waals surface area contributed by atoms with Crippen molar-refractivity contribution >= 4 is 28.6 Å². The van der Waals surface area contributed by atoms with Crippen molar-refractivity contribution in [3.8, 4) is 16.3 Å². The molecule has 1 atom stereocenters. The standard InChI is InChI=1S/C21H22N2O3S2/c1-14-23-19(13-27-14)20-9-8-18(28-20)11-22-21(24)15-4-6-16(7-5-15)26-12-17-3-2-10-25-17/h4-9,13,17H,2-3,10-12H2,1H3,(H,22,24). The van der Waals surface area contributed by atoms with Gasteiger partial charge in [0.25, 0.3) is 5.91 Å². The summed E-state index contributed by atoms with van der Waals surface area (Å²) in [6.45, 7) is 3.89. The zero-order valence-corrected chi connectivity index (χ0v) is 17.3. The molecular weight excluding hydrogens is 392 g/mol. The zero-order chi connectivity index (χ0) is 19.3. The lowest BCUT2D eigenvalue weighted by molar-refractivity contribution is 0.0679. The number of carbonyl (C=O) groups excluding carboxylic acids is 1. The van der Waals surface area contributed by atoms with Gasteiger partial charge in [-0.3, -0.25) is 4.79 Å². The molecule has 1 N–H and O–H groups in total. The fourth-order valence-corrected chi connectivity index (χ4v) is 4.62. The second-order valence-electron chi connectivity index (χ2n) is 6.67. The second-order valence-corrected chi connectivity index (χ2v) is 8.90. The topological polar surface area (TPSA) is 60.5 Å². The molecule has 0 spiro atoms. The van der Waals surface area contributed by atoms with Gasteiger partial charge < -0.3 is 14.8 Å². The number of nitrogens with zero attached hydrogens (tertiary/aromatic N) is 1. The van der Waals surface area contributed by atoms with Gasteiger partial charge in [0.15, 0.2) is 0 Å². The van der Waals surface area contributed by atoms with E-state index in [2.05, 4.69) is 21.7 Å². The molecule has 0 bridgehead atoms. The predicted molar refractivity (Wildman–Crippen MR) is 112 cm³/mol. The first-order valence-corrected chi connectivity index (χ1v) is 11.0. The maximum atomic E-state index is 12.4. The Labute approximate surface area is 172 Å². The number of rotatable bonds is 7. The van der Waals surface area contributed by atoms with Crippen LogP contribution in [0.1, 0.15) is 33.1 Å². The summed E-state index contributed by atoms with van der Waals surface area (Å²) in [5, 5.41) is 6.09. The number of hydrogen-bond donors (Lipinski definition) is 1. The Morgan fingerprint density at radius 1 is 1.29 bits per heavy atom. The molecule has 3 heterocycles. The number of nitrogens with one attached hydrogen (secondary N) is 1. The van der Waals surface area contributed by atoms with E-state index in [4.69, 9.17) is 9.47 Å². The van der Waals surface area contributed by atoms with Gasteiger partial charge in [-0.05, 0) is 56.2 Å². The Kier molecular flexibility index (Phi) is 6.04. The van der Waals surface area contributed by atoms with E-state index in [0.717, 1.165) is 45.7 Å². The molecule has 1 saturated heterocycles. The van der Waals surface area contributed by atoms with Gasteiger partial charge in [0.05, 0.1) is 28.2 Å². The van der Waals surface area contributed by atoms with Crippen LogP contribution in [-0.2, 0) is 11.3 Å².